The van der Waals surface area contributed by atoms with Crippen LogP contribution >= 0.6 is 0 Å². The van der Waals surface area contributed by atoms with Crippen LogP contribution in [0.25, 0.3) is 16.3 Å². The molecule has 2 unspecified atom stereocenters. The maximum Gasteiger partial charge on any atom is 0.307 e. The molecular formula is C19H18O2. The monoisotopic (exact) mass is 278 g/mol. The zero-order chi connectivity index (χ0) is 14.6. The van der Waals surface area contributed by atoms with Crippen LogP contribution in [-0.4, -0.2) is 11.1 Å². The van der Waals surface area contributed by atoms with E-state index in [4.69, 9.17) is 0 Å². The summed E-state index contributed by atoms with van der Waals surface area (Å²) < 4.78 is 0. The summed E-state index contributed by atoms with van der Waals surface area (Å²) >= 11 is 0. The smallest absolute Gasteiger partial charge is 0.307 e. The van der Waals surface area contributed by atoms with Gasteiger partial charge in [0.05, 0.1) is 5.92 Å². The highest BCUT2D eigenvalue weighted by molar-refractivity contribution is 5.93. The highest BCUT2D eigenvalue weighted by Gasteiger charge is 2.47. The van der Waals surface area contributed by atoms with Crippen LogP contribution in [0.1, 0.15) is 30.9 Å². The number of carboxylic acids is 1. The van der Waals surface area contributed by atoms with Gasteiger partial charge in [0.1, 0.15) is 0 Å². The second-order valence-corrected chi connectivity index (χ2v) is 6.47. The summed E-state index contributed by atoms with van der Waals surface area (Å²) in [5, 5.41) is 12.1. The van der Waals surface area contributed by atoms with Crippen molar-refractivity contribution in [3.8, 4) is 0 Å². The van der Waals surface area contributed by atoms with Gasteiger partial charge in [0.2, 0.25) is 0 Å². The third-order valence-corrected chi connectivity index (χ3v) is 5.47. The Labute approximate surface area is 124 Å². The molecule has 0 fully saturated rings. The second-order valence-electron chi connectivity index (χ2n) is 6.47. The van der Waals surface area contributed by atoms with Crippen LogP contribution in [0.4, 0.5) is 0 Å². The van der Waals surface area contributed by atoms with E-state index < -0.39 is 5.97 Å². The van der Waals surface area contributed by atoms with Crippen molar-refractivity contribution in [1.29, 1.82) is 0 Å². The van der Waals surface area contributed by atoms with Gasteiger partial charge in [-0.15, -0.1) is 0 Å². The van der Waals surface area contributed by atoms with Gasteiger partial charge >= 0.3 is 5.97 Å². The molecule has 4 rings (SSSR count). The molecule has 0 saturated carbocycles. The lowest BCUT2D eigenvalue weighted by atomic mass is 9.65. The molecule has 0 bridgehead atoms. The van der Waals surface area contributed by atoms with E-state index in [0.29, 0.717) is 6.42 Å². The largest absolute Gasteiger partial charge is 0.481 e. The molecule has 2 aromatic carbocycles. The average Bonchev–Trinajstić information content (AvgIpc) is 2.84. The Morgan fingerprint density at radius 2 is 2.05 bits per heavy atom. The molecule has 0 radical (unpaired) electrons. The molecule has 2 heteroatoms. The van der Waals surface area contributed by atoms with Crippen molar-refractivity contribution >= 4 is 22.3 Å². The number of hydrogen-bond acceptors (Lipinski definition) is 1. The fourth-order valence-electron chi connectivity index (χ4n) is 4.26. The molecule has 2 aliphatic carbocycles. The first kappa shape index (κ1) is 12.6. The average molecular weight is 278 g/mol. The van der Waals surface area contributed by atoms with Gasteiger partial charge in [-0.3, -0.25) is 4.79 Å². The van der Waals surface area contributed by atoms with Crippen molar-refractivity contribution in [1.82, 2.24) is 0 Å². The van der Waals surface area contributed by atoms with Crippen LogP contribution in [0.15, 0.2) is 42.5 Å². The molecule has 0 heterocycles. The molecule has 0 spiro atoms. The third-order valence-electron chi connectivity index (χ3n) is 5.47. The van der Waals surface area contributed by atoms with E-state index in [1.807, 2.05) is 0 Å². The number of aliphatic carboxylic acids is 1. The normalized spacial score (nSPS) is 27.1. The van der Waals surface area contributed by atoms with Crippen LogP contribution in [0.2, 0.25) is 0 Å². The van der Waals surface area contributed by atoms with Crippen LogP contribution < -0.4 is 0 Å². The first-order valence-electron chi connectivity index (χ1n) is 7.56. The lowest BCUT2D eigenvalue weighted by Gasteiger charge is -2.38. The zero-order valence-corrected chi connectivity index (χ0v) is 12.1. The molecule has 0 amide bonds. The van der Waals surface area contributed by atoms with Crippen LogP contribution in [-0.2, 0) is 11.2 Å². The van der Waals surface area contributed by atoms with Gasteiger partial charge in [-0.1, -0.05) is 49.4 Å². The molecule has 1 N–H and O–H groups in total. The number of carbonyl (C=O) groups is 1. The fourth-order valence-corrected chi connectivity index (χ4v) is 4.26. The van der Waals surface area contributed by atoms with Crippen molar-refractivity contribution < 1.29 is 9.90 Å². The number of benzene rings is 2. The molecule has 106 valence electrons. The van der Waals surface area contributed by atoms with E-state index in [1.54, 1.807) is 0 Å². The molecule has 0 saturated heterocycles. The molecule has 2 nitrogen and oxygen atoms in total. The van der Waals surface area contributed by atoms with E-state index in [0.717, 1.165) is 12.8 Å². The summed E-state index contributed by atoms with van der Waals surface area (Å²) in [6.45, 7) is 2.13. The van der Waals surface area contributed by atoms with Crippen molar-refractivity contribution in [3.63, 3.8) is 0 Å². The van der Waals surface area contributed by atoms with Gasteiger partial charge in [0.15, 0.2) is 0 Å². The number of allylic oxidation sites excluding steroid dienone is 2. The number of rotatable bonds is 1. The van der Waals surface area contributed by atoms with Crippen molar-refractivity contribution in [2.24, 2.45) is 11.3 Å². The van der Waals surface area contributed by atoms with Gasteiger partial charge in [0.25, 0.3) is 0 Å². The SMILES string of the molecule is CC12CCc3c(ccc4ccccc34)C1=CCC2C(=O)O. The molecule has 21 heavy (non-hydrogen) atoms. The summed E-state index contributed by atoms with van der Waals surface area (Å²) in [4.78, 5) is 11.6. The van der Waals surface area contributed by atoms with Gasteiger partial charge in [-0.2, -0.15) is 0 Å². The summed E-state index contributed by atoms with van der Waals surface area (Å²) in [5.41, 5.74) is 3.71. The summed E-state index contributed by atoms with van der Waals surface area (Å²) in [7, 11) is 0. The molecule has 2 aromatic rings. The Hall–Kier alpha value is -2.09. The maximum atomic E-state index is 11.6. The molecule has 2 aliphatic rings. The summed E-state index contributed by atoms with van der Waals surface area (Å²) in [6.07, 6.45) is 4.71. The minimum absolute atomic E-state index is 0.207. The second kappa shape index (κ2) is 4.20. The van der Waals surface area contributed by atoms with Crippen molar-refractivity contribution in [3.05, 3.63) is 53.6 Å². The lowest BCUT2D eigenvalue weighted by Crippen LogP contribution is -2.33. The molecule has 0 aromatic heterocycles. The predicted molar refractivity (Wildman–Crippen MR) is 84.1 cm³/mol. The maximum absolute atomic E-state index is 11.6. The highest BCUT2D eigenvalue weighted by Crippen LogP contribution is 2.55. The molecule has 2 atom stereocenters. The number of aryl methyl sites for hydroxylation is 1. The summed E-state index contributed by atoms with van der Waals surface area (Å²) in [5.74, 6) is -0.930. The Balaban J connectivity index is 1.92. The quantitative estimate of drug-likeness (QED) is 0.845. The molecule has 0 aliphatic heterocycles. The Morgan fingerprint density at radius 1 is 1.24 bits per heavy atom. The number of fused-ring (bicyclic) bond motifs is 5. The lowest BCUT2D eigenvalue weighted by molar-refractivity contribution is -0.144. The topological polar surface area (TPSA) is 37.3 Å². The van der Waals surface area contributed by atoms with E-state index >= 15 is 0 Å². The minimum atomic E-state index is -0.659. The predicted octanol–water partition coefficient (Wildman–Crippen LogP) is 4.28. The van der Waals surface area contributed by atoms with Crippen molar-refractivity contribution in [2.45, 2.75) is 26.2 Å². The van der Waals surface area contributed by atoms with E-state index in [9.17, 15) is 9.90 Å². The van der Waals surface area contributed by atoms with Crippen LogP contribution in [0.3, 0.4) is 0 Å². The Kier molecular flexibility index (Phi) is 2.53. The summed E-state index contributed by atoms with van der Waals surface area (Å²) in [6, 6.07) is 12.8. The number of carboxylic acid groups (broad SMARTS) is 1. The van der Waals surface area contributed by atoms with Gasteiger partial charge in [0, 0.05) is 5.41 Å². The zero-order valence-electron chi connectivity index (χ0n) is 12.1. The number of hydrogen-bond donors (Lipinski definition) is 1. The van der Waals surface area contributed by atoms with Gasteiger partial charge in [-0.05, 0) is 46.7 Å². The van der Waals surface area contributed by atoms with Crippen LogP contribution in [0, 0.1) is 11.3 Å². The minimum Gasteiger partial charge on any atom is -0.481 e. The first-order valence-corrected chi connectivity index (χ1v) is 7.56. The van der Waals surface area contributed by atoms with Crippen molar-refractivity contribution in [2.75, 3.05) is 0 Å². The van der Waals surface area contributed by atoms with Crippen LogP contribution in [0.5, 0.6) is 0 Å². The Morgan fingerprint density at radius 3 is 2.86 bits per heavy atom. The molecular weight excluding hydrogens is 260 g/mol. The highest BCUT2D eigenvalue weighted by atomic mass is 16.4. The van der Waals surface area contributed by atoms with E-state index in [2.05, 4.69) is 49.4 Å². The van der Waals surface area contributed by atoms with E-state index in [1.165, 1.54) is 27.5 Å². The van der Waals surface area contributed by atoms with E-state index in [-0.39, 0.29) is 11.3 Å². The third kappa shape index (κ3) is 1.62. The first-order chi connectivity index (χ1) is 10.1. The van der Waals surface area contributed by atoms with Gasteiger partial charge < -0.3 is 5.11 Å². The Bertz CT molecular complexity index is 787. The standard InChI is InChI=1S/C19H18O2/c1-19-11-10-14-13-5-3-2-4-12(13)6-7-15(14)16(19)8-9-17(19)18(20)21/h2-8,17H,9-11H2,1H3,(H,20,21). The fraction of sp³-hybridized carbons (Fsp3) is 0.316. The van der Waals surface area contributed by atoms with Gasteiger partial charge in [-0.25, -0.2) is 0 Å².